The normalized spacial score (nSPS) is 21.5. The van der Waals surface area contributed by atoms with Gasteiger partial charge in [0.1, 0.15) is 0 Å². The van der Waals surface area contributed by atoms with Gasteiger partial charge in [-0.05, 0) is 61.8 Å². The maximum Gasteiger partial charge on any atom is 0.181 e. The third-order valence-electron chi connectivity index (χ3n) is 4.79. The Kier molecular flexibility index (Phi) is 4.42. The molecule has 0 saturated heterocycles. The van der Waals surface area contributed by atoms with E-state index in [1.165, 1.54) is 12.8 Å². The van der Waals surface area contributed by atoms with Gasteiger partial charge in [0.15, 0.2) is 9.84 Å². The number of allylic oxidation sites excluding steroid dienone is 1. The van der Waals surface area contributed by atoms with Crippen LogP contribution in [0.25, 0.3) is 6.08 Å². The first-order valence-electron chi connectivity index (χ1n) is 8.30. The summed E-state index contributed by atoms with van der Waals surface area (Å²) in [5.41, 5.74) is 8.01. The SMILES string of the molecule is C[C@H](N)c1ccc(S(=O)(=O)C2CCCC2)cc1/C=C/C1CC1. The molecule has 2 aliphatic rings. The summed E-state index contributed by atoms with van der Waals surface area (Å²) >= 11 is 0. The predicted molar refractivity (Wildman–Crippen MR) is 90.2 cm³/mol. The van der Waals surface area contributed by atoms with Gasteiger partial charge in [-0.15, -0.1) is 0 Å². The lowest BCUT2D eigenvalue weighted by Gasteiger charge is -2.15. The fraction of sp³-hybridized carbons (Fsp3) is 0.556. The monoisotopic (exact) mass is 319 g/mol. The van der Waals surface area contributed by atoms with Crippen LogP contribution >= 0.6 is 0 Å². The first-order valence-corrected chi connectivity index (χ1v) is 9.85. The molecule has 3 nitrogen and oxygen atoms in total. The number of nitrogens with two attached hydrogens (primary N) is 1. The summed E-state index contributed by atoms with van der Waals surface area (Å²) in [6.45, 7) is 1.94. The van der Waals surface area contributed by atoms with E-state index in [-0.39, 0.29) is 11.3 Å². The second-order valence-electron chi connectivity index (χ2n) is 6.73. The second-order valence-corrected chi connectivity index (χ2v) is 8.96. The number of rotatable bonds is 5. The van der Waals surface area contributed by atoms with Crippen LogP contribution in [0.15, 0.2) is 29.2 Å². The van der Waals surface area contributed by atoms with Crippen LogP contribution in [0, 0.1) is 5.92 Å². The van der Waals surface area contributed by atoms with Crippen molar-refractivity contribution in [1.29, 1.82) is 0 Å². The van der Waals surface area contributed by atoms with Crippen LogP contribution in [0.1, 0.15) is 62.6 Å². The lowest BCUT2D eigenvalue weighted by Crippen LogP contribution is -2.18. The van der Waals surface area contributed by atoms with E-state index in [4.69, 9.17) is 5.73 Å². The summed E-state index contributed by atoms with van der Waals surface area (Å²) in [6.07, 6.45) is 10.4. The molecule has 1 atom stereocenters. The highest BCUT2D eigenvalue weighted by atomic mass is 32.2. The number of sulfone groups is 1. The molecule has 0 unspecified atom stereocenters. The summed E-state index contributed by atoms with van der Waals surface area (Å²) in [6, 6.07) is 5.35. The van der Waals surface area contributed by atoms with Crippen LogP contribution in [-0.4, -0.2) is 13.7 Å². The highest BCUT2D eigenvalue weighted by molar-refractivity contribution is 7.92. The average Bonchev–Trinajstić information content (AvgIpc) is 3.14. The van der Waals surface area contributed by atoms with Gasteiger partial charge in [0.05, 0.1) is 10.1 Å². The molecule has 0 amide bonds. The van der Waals surface area contributed by atoms with Crippen molar-refractivity contribution in [2.45, 2.75) is 61.6 Å². The Balaban J connectivity index is 1.96. The minimum atomic E-state index is -3.20. The van der Waals surface area contributed by atoms with Crippen molar-refractivity contribution in [3.8, 4) is 0 Å². The molecule has 4 heteroatoms. The van der Waals surface area contributed by atoms with Gasteiger partial charge >= 0.3 is 0 Å². The largest absolute Gasteiger partial charge is 0.324 e. The van der Waals surface area contributed by atoms with Crippen LogP contribution < -0.4 is 5.73 Å². The molecular weight excluding hydrogens is 294 g/mol. The van der Waals surface area contributed by atoms with Crippen molar-refractivity contribution >= 4 is 15.9 Å². The fourth-order valence-electron chi connectivity index (χ4n) is 3.21. The van der Waals surface area contributed by atoms with E-state index in [1.54, 1.807) is 6.07 Å². The van der Waals surface area contributed by atoms with E-state index in [0.29, 0.717) is 10.8 Å². The van der Waals surface area contributed by atoms with Gasteiger partial charge in [0.2, 0.25) is 0 Å². The van der Waals surface area contributed by atoms with E-state index in [1.807, 2.05) is 19.1 Å². The molecule has 0 heterocycles. The minimum Gasteiger partial charge on any atom is -0.324 e. The van der Waals surface area contributed by atoms with Crippen LogP contribution in [0.4, 0.5) is 0 Å². The molecule has 2 aliphatic carbocycles. The van der Waals surface area contributed by atoms with Crippen molar-refractivity contribution in [1.82, 2.24) is 0 Å². The van der Waals surface area contributed by atoms with Gasteiger partial charge in [-0.1, -0.05) is 31.1 Å². The van der Waals surface area contributed by atoms with Crippen LogP contribution in [0.2, 0.25) is 0 Å². The van der Waals surface area contributed by atoms with Crippen molar-refractivity contribution in [2.75, 3.05) is 0 Å². The molecule has 0 radical (unpaired) electrons. The summed E-state index contributed by atoms with van der Waals surface area (Å²) < 4.78 is 25.5. The van der Waals surface area contributed by atoms with Gasteiger partial charge in [0.25, 0.3) is 0 Å². The second kappa shape index (κ2) is 6.17. The molecule has 1 aromatic carbocycles. The van der Waals surface area contributed by atoms with E-state index < -0.39 is 9.84 Å². The van der Waals surface area contributed by atoms with Crippen molar-refractivity contribution in [2.24, 2.45) is 11.7 Å². The van der Waals surface area contributed by atoms with E-state index >= 15 is 0 Å². The smallest absolute Gasteiger partial charge is 0.181 e. The molecular formula is C18H25NO2S. The maximum atomic E-state index is 12.8. The third kappa shape index (κ3) is 3.28. The first kappa shape index (κ1) is 15.8. The van der Waals surface area contributed by atoms with Gasteiger partial charge < -0.3 is 5.73 Å². The molecule has 22 heavy (non-hydrogen) atoms. The zero-order valence-corrected chi connectivity index (χ0v) is 14.0. The highest BCUT2D eigenvalue weighted by Gasteiger charge is 2.30. The summed E-state index contributed by atoms with van der Waals surface area (Å²) in [7, 11) is -3.20. The maximum absolute atomic E-state index is 12.8. The molecule has 120 valence electrons. The molecule has 2 N–H and O–H groups in total. The molecule has 0 aromatic heterocycles. The molecule has 2 saturated carbocycles. The predicted octanol–water partition coefficient (Wildman–Crippen LogP) is 3.85. The zero-order chi connectivity index (χ0) is 15.7. The van der Waals surface area contributed by atoms with Gasteiger partial charge in [-0.3, -0.25) is 0 Å². The minimum absolute atomic E-state index is 0.0953. The molecule has 0 bridgehead atoms. The van der Waals surface area contributed by atoms with E-state index in [9.17, 15) is 8.42 Å². The Morgan fingerprint density at radius 2 is 1.86 bits per heavy atom. The van der Waals surface area contributed by atoms with Crippen molar-refractivity contribution in [3.05, 3.63) is 35.4 Å². The summed E-state index contributed by atoms with van der Waals surface area (Å²) in [5.74, 6) is 0.663. The molecule has 0 spiro atoms. The Labute approximate surface area is 133 Å². The summed E-state index contributed by atoms with van der Waals surface area (Å²) in [5, 5.41) is -0.200. The lowest BCUT2D eigenvalue weighted by molar-refractivity contribution is 0.579. The Morgan fingerprint density at radius 1 is 1.18 bits per heavy atom. The summed E-state index contributed by atoms with van der Waals surface area (Å²) in [4.78, 5) is 0.458. The third-order valence-corrected chi connectivity index (χ3v) is 7.05. The number of hydrogen-bond acceptors (Lipinski definition) is 3. The first-order chi connectivity index (χ1) is 10.5. The number of hydrogen-bond donors (Lipinski definition) is 1. The van der Waals surface area contributed by atoms with Crippen molar-refractivity contribution < 1.29 is 8.42 Å². The quantitative estimate of drug-likeness (QED) is 0.897. The van der Waals surface area contributed by atoms with Crippen LogP contribution in [-0.2, 0) is 9.84 Å². The van der Waals surface area contributed by atoms with Gasteiger partial charge in [-0.2, -0.15) is 0 Å². The number of benzene rings is 1. The zero-order valence-electron chi connectivity index (χ0n) is 13.2. The standard InChI is InChI=1S/C18H25NO2S/c1-13(19)18-11-10-17(12-15(18)9-8-14-6-7-14)22(20,21)16-4-2-3-5-16/h8-14,16H,2-7,19H2,1H3/b9-8+/t13-/m0/s1. The van der Waals surface area contributed by atoms with Crippen molar-refractivity contribution in [3.63, 3.8) is 0 Å². The average molecular weight is 319 g/mol. The lowest BCUT2D eigenvalue weighted by atomic mass is 10.0. The van der Waals surface area contributed by atoms with Crippen LogP contribution in [0.3, 0.4) is 0 Å². The topological polar surface area (TPSA) is 60.2 Å². The Hall–Kier alpha value is -1.13. The molecule has 0 aliphatic heterocycles. The fourth-order valence-corrected chi connectivity index (χ4v) is 5.10. The van der Waals surface area contributed by atoms with Gasteiger partial charge in [-0.25, -0.2) is 8.42 Å². The van der Waals surface area contributed by atoms with E-state index in [0.717, 1.165) is 36.8 Å². The van der Waals surface area contributed by atoms with E-state index in [2.05, 4.69) is 12.2 Å². The Morgan fingerprint density at radius 3 is 2.45 bits per heavy atom. The van der Waals surface area contributed by atoms with Gasteiger partial charge in [0, 0.05) is 6.04 Å². The highest BCUT2D eigenvalue weighted by Crippen LogP contribution is 2.33. The molecule has 3 rings (SSSR count). The molecule has 2 fully saturated rings. The molecule has 1 aromatic rings. The Bertz CT molecular complexity index is 666. The van der Waals surface area contributed by atoms with Crippen LogP contribution in [0.5, 0.6) is 0 Å².